The van der Waals surface area contributed by atoms with Gasteiger partial charge in [-0.05, 0) is 56.2 Å². The normalized spacial score (nSPS) is 17.9. The van der Waals surface area contributed by atoms with Crippen LogP contribution in [-0.2, 0) is 9.53 Å². The van der Waals surface area contributed by atoms with Gasteiger partial charge in [0, 0.05) is 11.6 Å². The number of esters is 1. The Morgan fingerprint density at radius 3 is 2.30 bits per heavy atom. The molecule has 0 N–H and O–H groups in total. The molecule has 0 saturated carbocycles. The molecular formula is C21H17Cl2F3O4. The fourth-order valence-electron chi connectivity index (χ4n) is 2.83. The summed E-state index contributed by atoms with van der Waals surface area (Å²) >= 11 is 12.4. The van der Waals surface area contributed by atoms with Crippen molar-refractivity contribution in [2.45, 2.75) is 32.5 Å². The number of halogens is 5. The van der Waals surface area contributed by atoms with E-state index >= 15 is 0 Å². The summed E-state index contributed by atoms with van der Waals surface area (Å²) < 4.78 is 56.8. The van der Waals surface area contributed by atoms with Crippen LogP contribution in [0.25, 0.3) is 6.08 Å². The number of alkyl halides is 3. The maximum absolute atomic E-state index is 13.8. The van der Waals surface area contributed by atoms with Gasteiger partial charge in [0.05, 0.1) is 16.7 Å². The van der Waals surface area contributed by atoms with Crippen molar-refractivity contribution >= 4 is 35.2 Å². The van der Waals surface area contributed by atoms with Crippen molar-refractivity contribution in [2.24, 2.45) is 0 Å². The van der Waals surface area contributed by atoms with E-state index in [-0.39, 0.29) is 34.4 Å². The van der Waals surface area contributed by atoms with Crippen LogP contribution in [-0.4, -0.2) is 24.4 Å². The van der Waals surface area contributed by atoms with Gasteiger partial charge in [-0.3, -0.25) is 0 Å². The summed E-state index contributed by atoms with van der Waals surface area (Å²) in [6.07, 6.45) is -3.32. The van der Waals surface area contributed by atoms with Gasteiger partial charge in [-0.2, -0.15) is 13.2 Å². The van der Waals surface area contributed by atoms with Crippen molar-refractivity contribution in [1.29, 1.82) is 0 Å². The number of hydrogen-bond donors (Lipinski definition) is 0. The van der Waals surface area contributed by atoms with Crippen LogP contribution in [0.4, 0.5) is 13.2 Å². The summed E-state index contributed by atoms with van der Waals surface area (Å²) in [5, 5.41) is 0.441. The second-order valence-corrected chi connectivity index (χ2v) is 7.49. The predicted octanol–water partition coefficient (Wildman–Crippen LogP) is 6.67. The van der Waals surface area contributed by atoms with Crippen LogP contribution in [0.2, 0.25) is 10.0 Å². The average molecular weight is 461 g/mol. The highest BCUT2D eigenvalue weighted by molar-refractivity contribution is 6.33. The molecular weight excluding hydrogens is 444 g/mol. The van der Waals surface area contributed by atoms with Crippen LogP contribution in [0.3, 0.4) is 0 Å². The quantitative estimate of drug-likeness (QED) is 0.477. The van der Waals surface area contributed by atoms with E-state index in [4.69, 9.17) is 32.7 Å². The van der Waals surface area contributed by atoms with Gasteiger partial charge in [0.25, 0.3) is 0 Å². The van der Waals surface area contributed by atoms with E-state index in [1.165, 1.54) is 19.1 Å². The Bertz CT molecular complexity index is 1030. The minimum absolute atomic E-state index is 0.0239. The number of benzene rings is 2. The van der Waals surface area contributed by atoms with E-state index < -0.39 is 17.7 Å². The van der Waals surface area contributed by atoms with Crippen LogP contribution in [0.15, 0.2) is 30.3 Å². The van der Waals surface area contributed by atoms with Crippen molar-refractivity contribution in [2.75, 3.05) is 6.61 Å². The molecule has 2 aromatic carbocycles. The molecule has 0 spiro atoms. The van der Waals surface area contributed by atoms with Crippen LogP contribution >= 0.6 is 23.2 Å². The molecule has 160 valence electrons. The van der Waals surface area contributed by atoms with Crippen molar-refractivity contribution in [1.82, 2.24) is 0 Å². The number of carbonyl (C=O) groups excluding carboxylic acids is 1. The molecule has 1 heterocycles. The molecule has 2 aromatic rings. The Labute approximate surface area is 181 Å². The minimum atomic E-state index is -5.05. The number of aryl methyl sites for hydroxylation is 2. The first-order chi connectivity index (χ1) is 14.0. The molecule has 0 radical (unpaired) electrons. The molecule has 1 atom stereocenters. The van der Waals surface area contributed by atoms with E-state index in [9.17, 15) is 18.0 Å². The number of ether oxygens (including phenoxy) is 3. The number of carbonyl (C=O) groups is 1. The van der Waals surface area contributed by atoms with Gasteiger partial charge >= 0.3 is 17.7 Å². The van der Waals surface area contributed by atoms with Gasteiger partial charge in [0.15, 0.2) is 0 Å². The van der Waals surface area contributed by atoms with Gasteiger partial charge < -0.3 is 14.2 Å². The van der Waals surface area contributed by atoms with E-state index in [0.29, 0.717) is 11.1 Å². The van der Waals surface area contributed by atoms with Gasteiger partial charge in [-0.25, -0.2) is 4.79 Å². The lowest BCUT2D eigenvalue weighted by molar-refractivity contribution is -0.238. The molecule has 3 rings (SSSR count). The summed E-state index contributed by atoms with van der Waals surface area (Å²) in [5.41, 5.74) is -1.16. The highest BCUT2D eigenvalue weighted by atomic mass is 35.5. The van der Waals surface area contributed by atoms with Gasteiger partial charge in [0.1, 0.15) is 17.2 Å². The molecule has 0 fully saturated rings. The molecule has 0 aliphatic carbocycles. The third-order valence-corrected chi connectivity index (χ3v) is 5.19. The second-order valence-electron chi connectivity index (χ2n) is 6.68. The summed E-state index contributed by atoms with van der Waals surface area (Å²) in [6, 6.07) is 5.95. The molecule has 30 heavy (non-hydrogen) atoms. The predicted molar refractivity (Wildman–Crippen MR) is 108 cm³/mol. The first kappa shape index (κ1) is 22.3. The molecule has 1 aliphatic rings. The first-order valence-electron chi connectivity index (χ1n) is 8.89. The van der Waals surface area contributed by atoms with Gasteiger partial charge in [0.2, 0.25) is 0 Å². The molecule has 1 unspecified atom stereocenters. The van der Waals surface area contributed by atoms with Crippen molar-refractivity contribution in [3.63, 3.8) is 0 Å². The standard InChI is InChI=1S/C21H17Cl2F3O4/c1-4-28-19(27)20(21(24,25)26)6-5-13-9-15(23)18(10-16(13)30-20)29-17-8-12(3)11(2)7-14(17)22/h5-10H,4H2,1-3H3. The fraction of sp³-hybridized carbons (Fsp3) is 0.286. The van der Waals surface area contributed by atoms with E-state index in [0.717, 1.165) is 17.2 Å². The molecule has 0 saturated heterocycles. The number of hydrogen-bond acceptors (Lipinski definition) is 4. The maximum atomic E-state index is 13.8. The summed E-state index contributed by atoms with van der Waals surface area (Å²) in [5.74, 6) is -1.49. The Hall–Kier alpha value is -2.38. The van der Waals surface area contributed by atoms with Gasteiger partial charge in [-0.1, -0.05) is 29.3 Å². The number of fused-ring (bicyclic) bond motifs is 1. The molecule has 0 amide bonds. The third-order valence-electron chi connectivity index (χ3n) is 4.60. The maximum Gasteiger partial charge on any atom is 0.443 e. The largest absolute Gasteiger partial charge is 0.463 e. The highest BCUT2D eigenvalue weighted by Gasteiger charge is 2.64. The summed E-state index contributed by atoms with van der Waals surface area (Å²) in [4.78, 5) is 12.1. The molecule has 4 nitrogen and oxygen atoms in total. The zero-order valence-electron chi connectivity index (χ0n) is 16.2. The van der Waals surface area contributed by atoms with E-state index in [2.05, 4.69) is 4.74 Å². The van der Waals surface area contributed by atoms with Crippen LogP contribution in [0.1, 0.15) is 23.6 Å². The highest BCUT2D eigenvalue weighted by Crippen LogP contribution is 2.46. The molecule has 1 aliphatic heterocycles. The molecule has 9 heteroatoms. The van der Waals surface area contributed by atoms with Crippen LogP contribution < -0.4 is 9.47 Å². The van der Waals surface area contributed by atoms with Gasteiger partial charge in [-0.15, -0.1) is 0 Å². The first-order valence-corrected chi connectivity index (χ1v) is 9.64. The smallest absolute Gasteiger partial charge is 0.443 e. The van der Waals surface area contributed by atoms with Crippen LogP contribution in [0.5, 0.6) is 17.2 Å². The average Bonchev–Trinajstić information content (AvgIpc) is 2.65. The Morgan fingerprint density at radius 2 is 1.67 bits per heavy atom. The number of rotatable bonds is 4. The minimum Gasteiger partial charge on any atom is -0.463 e. The lowest BCUT2D eigenvalue weighted by Crippen LogP contribution is -2.56. The van der Waals surface area contributed by atoms with Crippen LogP contribution in [0, 0.1) is 13.8 Å². The Kier molecular flexibility index (Phi) is 5.98. The monoisotopic (exact) mass is 460 g/mol. The third kappa shape index (κ3) is 3.96. The SMILES string of the molecule is CCOC(=O)C1(C(F)(F)F)C=Cc2cc(Cl)c(Oc3cc(C)c(C)cc3Cl)cc2O1. The fourth-order valence-corrected chi connectivity index (χ4v) is 3.30. The molecule has 0 bridgehead atoms. The van der Waals surface area contributed by atoms with Crippen molar-refractivity contribution < 1.29 is 32.2 Å². The molecule has 0 aromatic heterocycles. The van der Waals surface area contributed by atoms with Crippen molar-refractivity contribution in [3.05, 3.63) is 57.1 Å². The zero-order chi connectivity index (χ0) is 22.3. The summed E-state index contributed by atoms with van der Waals surface area (Å²) in [7, 11) is 0. The van der Waals surface area contributed by atoms with E-state index in [1.807, 2.05) is 13.8 Å². The topological polar surface area (TPSA) is 44.8 Å². The summed E-state index contributed by atoms with van der Waals surface area (Å²) in [6.45, 7) is 4.91. The zero-order valence-corrected chi connectivity index (χ0v) is 17.7. The Balaban J connectivity index is 2.03. The lowest BCUT2D eigenvalue weighted by Gasteiger charge is -2.34. The Morgan fingerprint density at radius 1 is 1.07 bits per heavy atom. The van der Waals surface area contributed by atoms with Crippen molar-refractivity contribution in [3.8, 4) is 17.2 Å². The second kappa shape index (κ2) is 8.04. The van der Waals surface area contributed by atoms with E-state index in [1.54, 1.807) is 12.1 Å². The lowest BCUT2D eigenvalue weighted by atomic mass is 9.97.